The molecule has 2 aromatic heterocycles. The molecule has 2 heteroatoms. The number of hydrogen-bond donors (Lipinski definition) is 0. The zero-order chi connectivity index (χ0) is 22.4. The van der Waals surface area contributed by atoms with Gasteiger partial charge in [0.1, 0.15) is 11.2 Å². The zero-order valence-corrected chi connectivity index (χ0v) is 19.5. The molecule has 160 valence electrons. The third-order valence-corrected chi connectivity index (χ3v) is 6.31. The highest BCUT2D eigenvalue weighted by atomic mass is 16.3. The van der Waals surface area contributed by atoms with E-state index in [1.807, 2.05) is 6.20 Å². The van der Waals surface area contributed by atoms with Gasteiger partial charge in [-0.05, 0) is 90.8 Å². The third-order valence-electron chi connectivity index (χ3n) is 6.31. The molecule has 0 spiro atoms. The Balaban J connectivity index is 1.72. The Hall–Kier alpha value is -3.39. The molecule has 2 heterocycles. The molecule has 0 atom stereocenters. The van der Waals surface area contributed by atoms with Crippen LogP contribution in [0.5, 0.6) is 0 Å². The average molecular weight is 420 g/mol. The fraction of sp³-hybridized carbons (Fsp3) is 0.233. The van der Waals surface area contributed by atoms with Crippen LogP contribution in [0.15, 0.2) is 71.3 Å². The Morgan fingerprint density at radius 2 is 1.59 bits per heavy atom. The lowest BCUT2D eigenvalue weighted by Crippen LogP contribution is -1.95. The minimum atomic E-state index is 0.609. The summed E-state index contributed by atoms with van der Waals surface area (Å²) < 4.78 is 6.54. The van der Waals surface area contributed by atoms with Gasteiger partial charge in [-0.2, -0.15) is 0 Å². The molecule has 0 saturated heterocycles. The predicted molar refractivity (Wildman–Crippen MR) is 135 cm³/mol. The molecular formula is C30H29NO. The number of fused-ring (bicyclic) bond motifs is 3. The number of aryl methyl sites for hydroxylation is 3. The van der Waals surface area contributed by atoms with Gasteiger partial charge in [-0.3, -0.25) is 4.98 Å². The molecule has 0 amide bonds. The van der Waals surface area contributed by atoms with Crippen molar-refractivity contribution in [1.29, 1.82) is 0 Å². The SMILES string of the molecule is Cc1cccc(C)c1-c1cc(C)c2c(c1)oc1c(-c3cc(CC(C)C)ccn3)cccc12. The van der Waals surface area contributed by atoms with Crippen LogP contribution in [-0.4, -0.2) is 4.98 Å². The highest BCUT2D eigenvalue weighted by Gasteiger charge is 2.17. The van der Waals surface area contributed by atoms with Crippen LogP contribution in [-0.2, 0) is 6.42 Å². The maximum absolute atomic E-state index is 6.54. The van der Waals surface area contributed by atoms with Gasteiger partial charge in [0.15, 0.2) is 0 Å². The lowest BCUT2D eigenvalue weighted by molar-refractivity contribution is 0.647. The monoisotopic (exact) mass is 419 g/mol. The first-order chi connectivity index (χ1) is 15.4. The lowest BCUT2D eigenvalue weighted by Gasteiger charge is -2.11. The number of rotatable bonds is 4. The van der Waals surface area contributed by atoms with E-state index >= 15 is 0 Å². The molecule has 0 N–H and O–H groups in total. The minimum absolute atomic E-state index is 0.609. The quantitative estimate of drug-likeness (QED) is 0.292. The van der Waals surface area contributed by atoms with Gasteiger partial charge in [0.05, 0.1) is 5.69 Å². The summed E-state index contributed by atoms with van der Waals surface area (Å²) in [6, 6.07) is 21.7. The Kier molecular flexibility index (Phi) is 5.09. The first-order valence-electron chi connectivity index (χ1n) is 11.4. The van der Waals surface area contributed by atoms with Crippen molar-refractivity contribution >= 4 is 21.9 Å². The normalized spacial score (nSPS) is 11.7. The molecule has 0 aliphatic heterocycles. The molecule has 5 rings (SSSR count). The summed E-state index contributed by atoms with van der Waals surface area (Å²) in [5.41, 5.74) is 11.5. The van der Waals surface area contributed by atoms with Crippen LogP contribution in [0.1, 0.15) is 36.1 Å². The molecular weight excluding hydrogens is 390 g/mol. The smallest absolute Gasteiger partial charge is 0.144 e. The lowest BCUT2D eigenvalue weighted by atomic mass is 9.93. The average Bonchev–Trinajstić information content (AvgIpc) is 3.12. The first kappa shape index (κ1) is 20.5. The van der Waals surface area contributed by atoms with E-state index in [4.69, 9.17) is 4.42 Å². The summed E-state index contributed by atoms with van der Waals surface area (Å²) >= 11 is 0. The highest BCUT2D eigenvalue weighted by molar-refractivity contribution is 6.11. The number of hydrogen-bond acceptors (Lipinski definition) is 2. The minimum Gasteiger partial charge on any atom is -0.455 e. The van der Waals surface area contributed by atoms with Crippen LogP contribution < -0.4 is 0 Å². The number of para-hydroxylation sites is 1. The summed E-state index contributed by atoms with van der Waals surface area (Å²) in [7, 11) is 0. The number of benzene rings is 3. The van der Waals surface area contributed by atoms with Crippen molar-refractivity contribution in [3.8, 4) is 22.4 Å². The number of pyridine rings is 1. The van der Waals surface area contributed by atoms with Crippen LogP contribution in [0.4, 0.5) is 0 Å². The summed E-state index contributed by atoms with van der Waals surface area (Å²) in [6.07, 6.45) is 2.96. The molecule has 0 unspecified atom stereocenters. The Labute approximate surface area is 189 Å². The standard InChI is InChI=1S/C30H29NO/c1-18(2)14-22-12-13-31-26(16-22)24-10-7-11-25-29-21(5)15-23(17-27(29)32-30(24)25)28-19(3)8-6-9-20(28)4/h6-13,15-18H,14H2,1-5H3. The maximum atomic E-state index is 6.54. The van der Waals surface area contributed by atoms with E-state index < -0.39 is 0 Å². The van der Waals surface area contributed by atoms with Crippen molar-refractivity contribution in [2.24, 2.45) is 5.92 Å². The first-order valence-corrected chi connectivity index (χ1v) is 11.4. The van der Waals surface area contributed by atoms with Gasteiger partial charge in [0.2, 0.25) is 0 Å². The van der Waals surface area contributed by atoms with Gasteiger partial charge in [-0.25, -0.2) is 0 Å². The van der Waals surface area contributed by atoms with Crippen molar-refractivity contribution in [1.82, 2.24) is 4.98 Å². The summed E-state index contributed by atoms with van der Waals surface area (Å²) in [5.74, 6) is 0.609. The van der Waals surface area contributed by atoms with E-state index in [0.29, 0.717) is 5.92 Å². The third kappa shape index (κ3) is 3.50. The second-order valence-electron chi connectivity index (χ2n) is 9.36. The van der Waals surface area contributed by atoms with Crippen molar-refractivity contribution in [3.63, 3.8) is 0 Å². The predicted octanol–water partition coefficient (Wildman–Crippen LogP) is 8.44. The summed E-state index contributed by atoms with van der Waals surface area (Å²) in [6.45, 7) is 11.0. The van der Waals surface area contributed by atoms with Crippen LogP contribution >= 0.6 is 0 Å². The number of aromatic nitrogens is 1. The largest absolute Gasteiger partial charge is 0.455 e. The Morgan fingerprint density at radius 3 is 2.34 bits per heavy atom. The van der Waals surface area contributed by atoms with Gasteiger partial charge >= 0.3 is 0 Å². The van der Waals surface area contributed by atoms with Crippen LogP contribution in [0.2, 0.25) is 0 Å². The van der Waals surface area contributed by atoms with Gasteiger partial charge in [-0.1, -0.05) is 50.2 Å². The van der Waals surface area contributed by atoms with Crippen molar-refractivity contribution in [2.45, 2.75) is 41.0 Å². The van der Waals surface area contributed by atoms with Crippen LogP contribution in [0.25, 0.3) is 44.3 Å². The van der Waals surface area contributed by atoms with Gasteiger partial charge in [0, 0.05) is 22.5 Å². The summed E-state index contributed by atoms with van der Waals surface area (Å²) in [4.78, 5) is 4.69. The summed E-state index contributed by atoms with van der Waals surface area (Å²) in [5, 5.41) is 2.34. The van der Waals surface area contributed by atoms with Gasteiger partial charge < -0.3 is 4.42 Å². The molecule has 0 fully saturated rings. The van der Waals surface area contributed by atoms with Crippen molar-refractivity contribution in [2.75, 3.05) is 0 Å². The molecule has 3 aromatic carbocycles. The second kappa shape index (κ2) is 7.94. The Bertz CT molecular complexity index is 1440. The molecule has 0 saturated carbocycles. The second-order valence-corrected chi connectivity index (χ2v) is 9.36. The fourth-order valence-electron chi connectivity index (χ4n) is 4.97. The molecule has 0 bridgehead atoms. The van der Waals surface area contributed by atoms with Crippen molar-refractivity contribution < 1.29 is 4.42 Å². The highest BCUT2D eigenvalue weighted by Crippen LogP contribution is 2.39. The van der Waals surface area contributed by atoms with E-state index in [9.17, 15) is 0 Å². The Morgan fingerprint density at radius 1 is 0.844 bits per heavy atom. The molecule has 32 heavy (non-hydrogen) atoms. The van der Waals surface area contributed by atoms with E-state index in [1.165, 1.54) is 38.8 Å². The van der Waals surface area contributed by atoms with E-state index in [1.54, 1.807) is 0 Å². The maximum Gasteiger partial charge on any atom is 0.144 e. The van der Waals surface area contributed by atoms with Gasteiger partial charge in [0.25, 0.3) is 0 Å². The fourth-order valence-corrected chi connectivity index (χ4v) is 4.97. The molecule has 0 aliphatic rings. The molecule has 0 radical (unpaired) electrons. The number of furan rings is 1. The van der Waals surface area contributed by atoms with Crippen LogP contribution in [0, 0.1) is 26.7 Å². The molecule has 5 aromatic rings. The molecule has 0 aliphatic carbocycles. The van der Waals surface area contributed by atoms with Crippen molar-refractivity contribution in [3.05, 3.63) is 89.1 Å². The van der Waals surface area contributed by atoms with Gasteiger partial charge in [-0.15, -0.1) is 0 Å². The van der Waals surface area contributed by atoms with E-state index in [2.05, 4.69) is 100 Å². The molecule has 2 nitrogen and oxygen atoms in total. The number of nitrogens with zero attached hydrogens (tertiary/aromatic N) is 1. The topological polar surface area (TPSA) is 26.0 Å². The van der Waals surface area contributed by atoms with E-state index in [-0.39, 0.29) is 0 Å². The zero-order valence-electron chi connectivity index (χ0n) is 19.5. The van der Waals surface area contributed by atoms with Crippen LogP contribution in [0.3, 0.4) is 0 Å². The van der Waals surface area contributed by atoms with E-state index in [0.717, 1.165) is 34.2 Å².